The molecule has 1 aliphatic carbocycles. The molecule has 0 amide bonds. The number of halogens is 8. The molecule has 3 N–H and O–H groups in total. The molecule has 0 spiro atoms. The Balaban J connectivity index is 1.14. The Bertz CT molecular complexity index is 3270. The predicted octanol–water partition coefficient (Wildman–Crippen LogP) is 7.69. The van der Waals surface area contributed by atoms with E-state index in [1.807, 2.05) is 6.07 Å². The van der Waals surface area contributed by atoms with Crippen LogP contribution in [0.5, 0.6) is 0 Å². The lowest BCUT2D eigenvalue weighted by molar-refractivity contribution is -0.138. The van der Waals surface area contributed by atoms with Crippen molar-refractivity contribution in [2.75, 3.05) is 56.0 Å². The van der Waals surface area contributed by atoms with Crippen LogP contribution in [0, 0.1) is 0 Å². The van der Waals surface area contributed by atoms with Crippen LogP contribution in [0.3, 0.4) is 0 Å². The summed E-state index contributed by atoms with van der Waals surface area (Å²) in [4.78, 5) is 27.5. The number of benzene rings is 2. The van der Waals surface area contributed by atoms with Crippen LogP contribution < -0.4 is 20.9 Å². The number of aromatic nitrogens is 8. The van der Waals surface area contributed by atoms with Gasteiger partial charge in [-0.2, -0.15) is 26.3 Å². The lowest BCUT2D eigenvalue weighted by atomic mass is 10.0. The molecular formula is C46H50Cl2F6N14O4S2. The summed E-state index contributed by atoms with van der Waals surface area (Å²) in [5.41, 5.74) is -1.57. The fraction of sp³-hybridized carbons (Fsp3) is 0.435. The van der Waals surface area contributed by atoms with Crippen LogP contribution in [0.25, 0.3) is 34.2 Å². The van der Waals surface area contributed by atoms with E-state index in [0.717, 1.165) is 30.9 Å². The second kappa shape index (κ2) is 20.9. The van der Waals surface area contributed by atoms with E-state index < -0.39 is 61.0 Å². The lowest BCUT2D eigenvalue weighted by Crippen LogP contribution is -2.45. The van der Waals surface area contributed by atoms with E-state index in [4.69, 9.17) is 23.2 Å². The minimum absolute atomic E-state index is 0.0594. The zero-order valence-corrected chi connectivity index (χ0v) is 43.1. The molecule has 0 bridgehead atoms. The molecule has 18 nitrogen and oxygen atoms in total. The molecule has 6 heterocycles. The summed E-state index contributed by atoms with van der Waals surface area (Å²) in [5.74, 6) is -0.315. The summed E-state index contributed by atoms with van der Waals surface area (Å²) in [6.45, 7) is 1.15. The van der Waals surface area contributed by atoms with E-state index in [0.29, 0.717) is 53.7 Å². The van der Waals surface area contributed by atoms with Crippen LogP contribution in [-0.2, 0) is 45.5 Å². The van der Waals surface area contributed by atoms with Crippen LogP contribution in [-0.4, -0.2) is 128 Å². The second-order valence-electron chi connectivity index (χ2n) is 18.4. The standard InChI is InChI=1S/C46H50Cl2F6N14O4S2/c1-55-19-27-5-4-6-37(39(27)47)64-23-36(59-25-64)42-34(46(52,53)54)22-58-44(63-42)68(31-11-15-67(16-12-31)74(3,71)72)32-17-28(20-56-29-7-8-29)40(48)38(18-32)65-24-35(60-26-65)41-33(45(49,50)51)21-57-43(62-41)61-30-9-13-66(14-10-30)73(2,69)70/h4-6,17-18,21-26,29-31,55-56H,7-16,19-20H2,1-3H3,(H,57,61,62). The van der Waals surface area contributed by atoms with E-state index in [-0.39, 0.29) is 91.6 Å². The van der Waals surface area contributed by atoms with Crippen molar-refractivity contribution in [2.45, 2.75) is 82.1 Å². The molecule has 2 aliphatic heterocycles. The number of imidazole rings is 2. The average molecular weight is 1110 g/mol. The highest BCUT2D eigenvalue weighted by atomic mass is 35.5. The highest BCUT2D eigenvalue weighted by Crippen LogP contribution is 2.42. The van der Waals surface area contributed by atoms with Crippen molar-refractivity contribution in [3.8, 4) is 34.2 Å². The number of hydrogen-bond acceptors (Lipinski definition) is 14. The van der Waals surface area contributed by atoms with Gasteiger partial charge >= 0.3 is 12.4 Å². The molecule has 3 aliphatic rings. The maximum atomic E-state index is 15.0. The van der Waals surface area contributed by atoms with Gasteiger partial charge in [-0.15, -0.1) is 0 Å². The minimum atomic E-state index is -4.94. The van der Waals surface area contributed by atoms with E-state index >= 15 is 0 Å². The molecular weight excluding hydrogens is 1060 g/mol. The Labute approximate surface area is 432 Å². The average Bonchev–Trinajstić information content (AvgIpc) is 3.81. The third kappa shape index (κ3) is 11.8. The van der Waals surface area contributed by atoms with Gasteiger partial charge in [0, 0.05) is 87.9 Å². The molecule has 4 aromatic heterocycles. The molecule has 28 heteroatoms. The largest absolute Gasteiger partial charge is 0.420 e. The Kier molecular flexibility index (Phi) is 15.1. The van der Waals surface area contributed by atoms with Crippen molar-refractivity contribution in [1.29, 1.82) is 0 Å². The Morgan fingerprint density at radius 1 is 0.676 bits per heavy atom. The summed E-state index contributed by atoms with van der Waals surface area (Å²) in [6.07, 6.45) is 1.84. The van der Waals surface area contributed by atoms with E-state index in [9.17, 15) is 43.2 Å². The summed E-state index contributed by atoms with van der Waals surface area (Å²) < 4.78 is 144. The Hall–Kier alpha value is -5.48. The van der Waals surface area contributed by atoms with E-state index in [1.54, 1.807) is 36.2 Å². The number of anilines is 3. The zero-order valence-electron chi connectivity index (χ0n) is 40.0. The lowest BCUT2D eigenvalue weighted by Gasteiger charge is -2.38. The second-order valence-corrected chi connectivity index (χ2v) is 23.2. The van der Waals surface area contributed by atoms with Crippen molar-refractivity contribution in [2.24, 2.45) is 0 Å². The fourth-order valence-corrected chi connectivity index (χ4v) is 11.4. The fourth-order valence-electron chi connectivity index (χ4n) is 9.08. The monoisotopic (exact) mass is 1110 g/mol. The molecule has 0 radical (unpaired) electrons. The number of nitrogens with zero attached hydrogens (tertiary/aromatic N) is 11. The molecule has 2 saturated heterocycles. The van der Waals surface area contributed by atoms with Crippen molar-refractivity contribution >= 4 is 60.8 Å². The van der Waals surface area contributed by atoms with Gasteiger partial charge in [0.1, 0.15) is 46.6 Å². The van der Waals surface area contributed by atoms with Crippen molar-refractivity contribution in [3.63, 3.8) is 0 Å². The van der Waals surface area contributed by atoms with Crippen molar-refractivity contribution in [3.05, 3.63) is 100 Å². The van der Waals surface area contributed by atoms with Crippen LogP contribution >= 0.6 is 23.2 Å². The molecule has 1 saturated carbocycles. The molecule has 0 unspecified atom stereocenters. The number of rotatable bonds is 16. The molecule has 74 heavy (non-hydrogen) atoms. The van der Waals surface area contributed by atoms with Crippen LogP contribution in [0.1, 0.15) is 60.8 Å². The number of alkyl halides is 6. The maximum Gasteiger partial charge on any atom is 0.420 e. The first kappa shape index (κ1) is 53.3. The number of nitrogens with one attached hydrogen (secondary N) is 3. The first-order chi connectivity index (χ1) is 35.0. The molecule has 0 atom stereocenters. The Morgan fingerprint density at radius 3 is 1.80 bits per heavy atom. The first-order valence-electron chi connectivity index (χ1n) is 23.4. The smallest absolute Gasteiger partial charge is 0.351 e. The molecule has 3 fully saturated rings. The summed E-state index contributed by atoms with van der Waals surface area (Å²) in [6, 6.07) is 7.81. The molecule has 6 aromatic rings. The van der Waals surface area contributed by atoms with Crippen LogP contribution in [0.4, 0.5) is 43.9 Å². The number of hydrogen-bond donors (Lipinski definition) is 3. The Morgan fingerprint density at radius 2 is 1.23 bits per heavy atom. The van der Waals surface area contributed by atoms with Gasteiger partial charge in [0.25, 0.3) is 0 Å². The highest BCUT2D eigenvalue weighted by Gasteiger charge is 2.40. The highest BCUT2D eigenvalue weighted by molar-refractivity contribution is 7.88. The number of sulfonamides is 2. The summed E-state index contributed by atoms with van der Waals surface area (Å²) in [7, 11) is -5.30. The normalized spacial score (nSPS) is 17.0. The third-order valence-corrected chi connectivity index (χ3v) is 16.6. The van der Waals surface area contributed by atoms with Crippen LogP contribution in [0.2, 0.25) is 10.0 Å². The molecule has 9 rings (SSSR count). The van der Waals surface area contributed by atoms with Gasteiger partial charge in [0.05, 0.1) is 33.9 Å². The topological polar surface area (TPSA) is 201 Å². The zero-order chi connectivity index (χ0) is 52.9. The van der Waals surface area contributed by atoms with Crippen molar-refractivity contribution in [1.82, 2.24) is 58.3 Å². The quantitative estimate of drug-likeness (QED) is 0.0797. The number of piperidine rings is 2. The van der Waals surface area contributed by atoms with Crippen LogP contribution in [0.15, 0.2) is 67.8 Å². The van der Waals surface area contributed by atoms with Crippen molar-refractivity contribution < 1.29 is 43.2 Å². The maximum absolute atomic E-state index is 15.0. The molecule has 2 aromatic carbocycles. The minimum Gasteiger partial charge on any atom is -0.351 e. The first-order valence-corrected chi connectivity index (χ1v) is 27.8. The predicted molar refractivity (Wildman–Crippen MR) is 266 cm³/mol. The van der Waals surface area contributed by atoms with E-state index in [2.05, 4.69) is 45.9 Å². The van der Waals surface area contributed by atoms with Gasteiger partial charge in [0.2, 0.25) is 31.9 Å². The summed E-state index contributed by atoms with van der Waals surface area (Å²) >= 11 is 14.0. The molecule has 396 valence electrons. The third-order valence-electron chi connectivity index (χ3n) is 13.1. The van der Waals surface area contributed by atoms with Gasteiger partial charge in [0.15, 0.2) is 0 Å². The van der Waals surface area contributed by atoms with Gasteiger partial charge in [-0.05, 0) is 74.9 Å². The summed E-state index contributed by atoms with van der Waals surface area (Å²) in [5, 5.41) is 10.0. The van der Waals surface area contributed by atoms with E-state index in [1.165, 1.54) is 42.8 Å². The van der Waals surface area contributed by atoms with Gasteiger partial charge in [-0.3, -0.25) is 0 Å². The van der Waals surface area contributed by atoms with Gasteiger partial charge in [-0.25, -0.2) is 55.3 Å². The van der Waals surface area contributed by atoms with Gasteiger partial charge in [-0.1, -0.05) is 35.3 Å². The SMILES string of the molecule is CNCc1cccc(-n2cnc(-c3nc(N(c4cc(CNC5CC5)c(Cl)c(-n5cnc(-c6nc(NC7CCN(S(C)(=O)=O)CC7)ncc6C(F)(F)F)c5)c4)C4CCN(S(C)(=O)=O)CC4)ncc3C(F)(F)F)c2)c1Cl. The van der Waals surface area contributed by atoms with Gasteiger partial charge < -0.3 is 30.0 Å².